The summed E-state index contributed by atoms with van der Waals surface area (Å²) in [4.78, 5) is 22.6. The van der Waals surface area contributed by atoms with E-state index in [4.69, 9.17) is 16.2 Å². The normalized spacial score (nSPS) is 10.9. The number of nitrogens with two attached hydrogens (primary N) is 2. The van der Waals surface area contributed by atoms with E-state index in [1.54, 1.807) is 0 Å². The molecule has 0 aliphatic heterocycles. The lowest BCUT2D eigenvalue weighted by molar-refractivity contribution is -0.118. The Balaban J connectivity index is 1.98. The molecule has 2 amide bonds. The van der Waals surface area contributed by atoms with Crippen molar-refractivity contribution < 1.29 is 14.3 Å². The number of carbonyl (C=O) groups excluding carboxylic acids is 2. The number of ether oxygens (including phenoxy) is 1. The van der Waals surface area contributed by atoms with Gasteiger partial charge in [0.15, 0.2) is 0 Å². The molecule has 3 rings (SSSR count). The third kappa shape index (κ3) is 4.96. The summed E-state index contributed by atoms with van der Waals surface area (Å²) in [6.45, 7) is 3.21. The second kappa shape index (κ2) is 9.28. The minimum Gasteiger partial charge on any atom is -0.494 e. The van der Waals surface area contributed by atoms with Gasteiger partial charge in [-0.15, -0.1) is 0 Å². The van der Waals surface area contributed by atoms with Gasteiger partial charge < -0.3 is 20.8 Å². The van der Waals surface area contributed by atoms with Crippen molar-refractivity contribution in [2.75, 3.05) is 6.61 Å². The van der Waals surface area contributed by atoms with Gasteiger partial charge in [-0.3, -0.25) is 9.59 Å². The molecule has 29 heavy (non-hydrogen) atoms. The van der Waals surface area contributed by atoms with Gasteiger partial charge in [0, 0.05) is 29.6 Å². The zero-order valence-corrected chi connectivity index (χ0v) is 16.7. The van der Waals surface area contributed by atoms with Crippen LogP contribution in [-0.4, -0.2) is 23.0 Å². The van der Waals surface area contributed by atoms with Gasteiger partial charge >= 0.3 is 0 Å². The van der Waals surface area contributed by atoms with E-state index in [1.807, 2.05) is 36.4 Å². The first-order valence-electron chi connectivity index (χ1n) is 9.87. The minimum absolute atomic E-state index is 0.187. The number of hydrogen-bond acceptors (Lipinski definition) is 3. The van der Waals surface area contributed by atoms with Crippen LogP contribution in [0, 0.1) is 0 Å². The number of benzene rings is 2. The van der Waals surface area contributed by atoms with Crippen LogP contribution in [0.25, 0.3) is 10.9 Å². The molecule has 2 aromatic carbocycles. The average Bonchev–Trinajstić information content (AvgIpc) is 2.97. The van der Waals surface area contributed by atoms with Gasteiger partial charge in [0.25, 0.3) is 0 Å². The van der Waals surface area contributed by atoms with Gasteiger partial charge in [-0.1, -0.05) is 37.3 Å². The van der Waals surface area contributed by atoms with Gasteiger partial charge in [-0.25, -0.2) is 0 Å². The van der Waals surface area contributed by atoms with Crippen molar-refractivity contribution in [3.05, 3.63) is 65.4 Å². The van der Waals surface area contributed by atoms with E-state index >= 15 is 0 Å². The monoisotopic (exact) mass is 393 g/mol. The van der Waals surface area contributed by atoms with E-state index in [2.05, 4.69) is 23.6 Å². The molecule has 6 nitrogen and oxygen atoms in total. The van der Waals surface area contributed by atoms with Crippen LogP contribution in [0.4, 0.5) is 0 Å². The van der Waals surface area contributed by atoms with Crippen LogP contribution in [0.5, 0.6) is 5.75 Å². The maximum Gasteiger partial charge on any atom is 0.221 e. The number of primary amides is 2. The molecule has 4 N–H and O–H groups in total. The second-order valence-corrected chi connectivity index (χ2v) is 7.09. The number of fused-ring (bicyclic) bond motifs is 1. The summed E-state index contributed by atoms with van der Waals surface area (Å²) in [5, 5.41) is 0.976. The van der Waals surface area contributed by atoms with Crippen molar-refractivity contribution in [1.82, 2.24) is 4.57 Å². The smallest absolute Gasteiger partial charge is 0.221 e. The van der Waals surface area contributed by atoms with Gasteiger partial charge in [-0.05, 0) is 42.2 Å². The number of nitrogens with zero attached hydrogens (tertiary/aromatic N) is 1. The fourth-order valence-electron chi connectivity index (χ4n) is 3.70. The molecule has 0 unspecified atom stereocenters. The van der Waals surface area contributed by atoms with Crippen LogP contribution in [-0.2, 0) is 29.0 Å². The van der Waals surface area contributed by atoms with Crippen LogP contribution in [0.3, 0.4) is 0 Å². The molecule has 0 spiro atoms. The van der Waals surface area contributed by atoms with Crippen LogP contribution in [0.1, 0.15) is 36.6 Å². The predicted octanol–water partition coefficient (Wildman–Crippen LogP) is 2.92. The quantitative estimate of drug-likeness (QED) is 0.518. The lowest BCUT2D eigenvalue weighted by Gasteiger charge is -2.11. The Morgan fingerprint density at radius 1 is 1.03 bits per heavy atom. The Labute approximate surface area is 170 Å². The molecule has 0 aliphatic rings. The van der Waals surface area contributed by atoms with Crippen molar-refractivity contribution in [2.45, 2.75) is 39.2 Å². The van der Waals surface area contributed by atoms with Crippen molar-refractivity contribution in [2.24, 2.45) is 11.5 Å². The summed E-state index contributed by atoms with van der Waals surface area (Å²) in [7, 11) is 0. The van der Waals surface area contributed by atoms with Crippen molar-refractivity contribution in [1.29, 1.82) is 0 Å². The average molecular weight is 393 g/mol. The van der Waals surface area contributed by atoms with Crippen molar-refractivity contribution in [3.8, 4) is 5.75 Å². The van der Waals surface area contributed by atoms with Gasteiger partial charge in [0.2, 0.25) is 11.8 Å². The fraction of sp³-hybridized carbons (Fsp3) is 0.304. The molecular formula is C23H27N3O3. The fourth-order valence-corrected chi connectivity index (χ4v) is 3.70. The van der Waals surface area contributed by atoms with Gasteiger partial charge in [-0.2, -0.15) is 0 Å². The lowest BCUT2D eigenvalue weighted by Crippen LogP contribution is -2.15. The summed E-state index contributed by atoms with van der Waals surface area (Å²) in [5.74, 6) is 0.0109. The molecule has 1 heterocycles. The molecule has 0 saturated heterocycles. The molecule has 6 heteroatoms. The molecule has 3 aromatic rings. The van der Waals surface area contributed by atoms with E-state index in [0.29, 0.717) is 25.2 Å². The molecule has 1 aromatic heterocycles. The molecular weight excluding hydrogens is 366 g/mol. The number of rotatable bonds is 10. The second-order valence-electron chi connectivity index (χ2n) is 7.09. The number of hydrogen-bond donors (Lipinski definition) is 2. The maximum atomic E-state index is 11.7. The highest BCUT2D eigenvalue weighted by molar-refractivity contribution is 5.91. The van der Waals surface area contributed by atoms with Crippen LogP contribution < -0.4 is 16.2 Å². The molecule has 0 fully saturated rings. The highest BCUT2D eigenvalue weighted by Crippen LogP contribution is 2.31. The van der Waals surface area contributed by atoms with E-state index in [9.17, 15) is 9.59 Å². The summed E-state index contributed by atoms with van der Waals surface area (Å²) >= 11 is 0. The number of aromatic nitrogens is 1. The Kier molecular flexibility index (Phi) is 6.54. The standard InChI is InChI=1S/C23H27N3O3/c1-2-20-19(14-23(25)28)18-13-17(29-12-6-9-22(24)27)10-11-21(18)26(20)15-16-7-4-3-5-8-16/h3-5,7-8,10-11,13H,2,6,9,12,14-15H2,1H3,(H2,24,27)(H2,25,28). The first kappa shape index (κ1) is 20.5. The minimum atomic E-state index is -0.355. The van der Waals surface area contributed by atoms with Crippen LogP contribution in [0.15, 0.2) is 48.5 Å². The van der Waals surface area contributed by atoms with E-state index in [1.165, 1.54) is 5.56 Å². The third-order valence-electron chi connectivity index (χ3n) is 4.96. The van der Waals surface area contributed by atoms with Crippen molar-refractivity contribution >= 4 is 22.7 Å². The summed E-state index contributed by atoms with van der Waals surface area (Å²) in [6.07, 6.45) is 1.84. The molecule has 0 saturated carbocycles. The van der Waals surface area contributed by atoms with Gasteiger partial charge in [0.1, 0.15) is 5.75 Å². The molecule has 0 atom stereocenters. The SMILES string of the molecule is CCc1c(CC(N)=O)c2cc(OCCCC(N)=O)ccc2n1Cc1ccccc1. The van der Waals surface area contributed by atoms with E-state index in [0.717, 1.165) is 35.1 Å². The Bertz CT molecular complexity index is 1010. The lowest BCUT2D eigenvalue weighted by atomic mass is 10.1. The summed E-state index contributed by atoms with van der Waals surface area (Å²) in [5.41, 5.74) is 15.0. The zero-order chi connectivity index (χ0) is 20.8. The molecule has 0 bridgehead atoms. The summed E-state index contributed by atoms with van der Waals surface area (Å²) < 4.78 is 8.04. The Hall–Kier alpha value is -3.28. The Morgan fingerprint density at radius 3 is 2.45 bits per heavy atom. The maximum absolute atomic E-state index is 11.7. The largest absolute Gasteiger partial charge is 0.494 e. The summed E-state index contributed by atoms with van der Waals surface area (Å²) in [6, 6.07) is 16.1. The zero-order valence-electron chi connectivity index (χ0n) is 16.7. The Morgan fingerprint density at radius 2 is 1.79 bits per heavy atom. The van der Waals surface area contributed by atoms with E-state index < -0.39 is 0 Å². The first-order chi connectivity index (χ1) is 14.0. The molecule has 0 aliphatic carbocycles. The predicted molar refractivity (Wildman–Crippen MR) is 114 cm³/mol. The van der Waals surface area contributed by atoms with Crippen LogP contribution >= 0.6 is 0 Å². The number of carbonyl (C=O) groups is 2. The third-order valence-corrected chi connectivity index (χ3v) is 4.96. The van der Waals surface area contributed by atoms with Gasteiger partial charge in [0.05, 0.1) is 13.0 Å². The highest BCUT2D eigenvalue weighted by atomic mass is 16.5. The number of amides is 2. The molecule has 0 radical (unpaired) electrons. The topological polar surface area (TPSA) is 100 Å². The van der Waals surface area contributed by atoms with E-state index in [-0.39, 0.29) is 18.2 Å². The molecule has 152 valence electrons. The first-order valence-corrected chi connectivity index (χ1v) is 9.87. The van der Waals surface area contributed by atoms with Crippen molar-refractivity contribution in [3.63, 3.8) is 0 Å². The highest BCUT2D eigenvalue weighted by Gasteiger charge is 2.18. The van der Waals surface area contributed by atoms with Crippen LogP contribution in [0.2, 0.25) is 0 Å².